The summed E-state index contributed by atoms with van der Waals surface area (Å²) in [5.41, 5.74) is 3.16. The molecule has 0 aliphatic heterocycles. The van der Waals surface area contributed by atoms with Gasteiger partial charge >= 0.3 is 0 Å². The molecule has 3 rings (SSSR count). The fourth-order valence-corrected chi connectivity index (χ4v) is 4.45. The molecule has 0 saturated heterocycles. The molecule has 180 valence electrons. The molecule has 3 aromatic rings. The lowest BCUT2D eigenvalue weighted by Gasteiger charge is -2.33. The SMILES string of the molecule is C=C/C(C)=C(\C=C/C)C(C(=O)Nc1ccccc1C)N(C(=O)Cc1cccs1)c1cccc(F)c1. The number of carbonyl (C=O) groups excluding carboxylic acids is 2. The smallest absolute Gasteiger partial charge is 0.252 e. The highest BCUT2D eigenvalue weighted by Gasteiger charge is 2.34. The van der Waals surface area contributed by atoms with Gasteiger partial charge in [0.1, 0.15) is 11.9 Å². The number of aryl methyl sites for hydroxylation is 1. The number of allylic oxidation sites excluding steroid dienone is 3. The van der Waals surface area contributed by atoms with Crippen molar-refractivity contribution in [1.29, 1.82) is 0 Å². The topological polar surface area (TPSA) is 49.4 Å². The summed E-state index contributed by atoms with van der Waals surface area (Å²) in [5, 5.41) is 4.87. The van der Waals surface area contributed by atoms with Crippen molar-refractivity contribution in [3.05, 3.63) is 118 Å². The molecule has 1 unspecified atom stereocenters. The molecule has 0 radical (unpaired) electrons. The van der Waals surface area contributed by atoms with Crippen LogP contribution >= 0.6 is 11.3 Å². The monoisotopic (exact) mass is 488 g/mol. The second-order valence-electron chi connectivity index (χ2n) is 8.05. The van der Waals surface area contributed by atoms with Gasteiger partial charge in [0.2, 0.25) is 5.91 Å². The zero-order valence-corrected chi connectivity index (χ0v) is 20.9. The standard InChI is InChI=1S/C29H29FN2O2S/c1-5-11-25(20(3)6-2)28(29(34)31-26-16-8-7-12-21(26)4)32(23-14-9-13-22(30)18-23)27(33)19-24-15-10-17-35-24/h5-18,28H,2,19H2,1,3-4H3,(H,31,34)/b11-5-,25-20+. The molecular formula is C29H29FN2O2S. The van der Waals surface area contributed by atoms with Crippen molar-refractivity contribution < 1.29 is 14.0 Å². The van der Waals surface area contributed by atoms with Crippen LogP contribution in [0.1, 0.15) is 24.3 Å². The van der Waals surface area contributed by atoms with Crippen LogP contribution < -0.4 is 10.2 Å². The van der Waals surface area contributed by atoms with Gasteiger partial charge in [0.05, 0.1) is 6.42 Å². The first kappa shape index (κ1) is 25.8. The Morgan fingerprint density at radius 2 is 1.91 bits per heavy atom. The molecule has 0 spiro atoms. The first-order valence-corrected chi connectivity index (χ1v) is 12.2. The third-order valence-corrected chi connectivity index (χ3v) is 6.45. The number of thiophene rings is 1. The Hall–Kier alpha value is -3.77. The molecule has 2 aromatic carbocycles. The summed E-state index contributed by atoms with van der Waals surface area (Å²) in [4.78, 5) is 29.9. The number of amides is 2. The van der Waals surface area contributed by atoms with Gasteiger partial charge in [0.15, 0.2) is 0 Å². The number of nitrogens with zero attached hydrogens (tertiary/aromatic N) is 1. The number of halogens is 1. The van der Waals surface area contributed by atoms with Crippen molar-refractivity contribution in [2.24, 2.45) is 0 Å². The molecule has 0 saturated carbocycles. The van der Waals surface area contributed by atoms with Crippen LogP contribution in [0.15, 0.2) is 102 Å². The van der Waals surface area contributed by atoms with Gasteiger partial charge in [0.25, 0.3) is 5.91 Å². The maximum absolute atomic E-state index is 14.3. The van der Waals surface area contributed by atoms with Crippen LogP contribution in [-0.4, -0.2) is 17.9 Å². The number of benzene rings is 2. The summed E-state index contributed by atoms with van der Waals surface area (Å²) in [6, 6.07) is 15.9. The summed E-state index contributed by atoms with van der Waals surface area (Å²) < 4.78 is 14.3. The van der Waals surface area contributed by atoms with E-state index in [9.17, 15) is 14.0 Å². The van der Waals surface area contributed by atoms with Gasteiger partial charge in [-0.25, -0.2) is 4.39 Å². The maximum atomic E-state index is 14.3. The molecule has 1 N–H and O–H groups in total. The Kier molecular flexibility index (Phi) is 8.92. The average molecular weight is 489 g/mol. The lowest BCUT2D eigenvalue weighted by Crippen LogP contribution is -2.49. The fourth-order valence-electron chi connectivity index (χ4n) is 3.76. The van der Waals surface area contributed by atoms with Gasteiger partial charge < -0.3 is 5.32 Å². The molecule has 0 aliphatic carbocycles. The molecule has 0 aliphatic rings. The van der Waals surface area contributed by atoms with E-state index in [1.54, 1.807) is 18.2 Å². The van der Waals surface area contributed by atoms with E-state index >= 15 is 0 Å². The lowest BCUT2D eigenvalue weighted by atomic mass is 9.96. The number of hydrogen-bond acceptors (Lipinski definition) is 3. The van der Waals surface area contributed by atoms with Crippen LogP contribution in [0.2, 0.25) is 0 Å². The maximum Gasteiger partial charge on any atom is 0.252 e. The van der Waals surface area contributed by atoms with Gasteiger partial charge in [-0.1, -0.05) is 55.1 Å². The summed E-state index contributed by atoms with van der Waals surface area (Å²) in [6.45, 7) is 9.44. The zero-order chi connectivity index (χ0) is 25.4. The zero-order valence-electron chi connectivity index (χ0n) is 20.1. The molecule has 1 aromatic heterocycles. The third-order valence-electron chi connectivity index (χ3n) is 5.57. The van der Waals surface area contributed by atoms with Crippen molar-refractivity contribution in [2.75, 3.05) is 10.2 Å². The van der Waals surface area contributed by atoms with Crippen LogP contribution in [0, 0.1) is 12.7 Å². The quantitative estimate of drug-likeness (QED) is 0.335. The first-order chi connectivity index (χ1) is 16.8. The van der Waals surface area contributed by atoms with E-state index in [0.717, 1.165) is 16.0 Å². The predicted octanol–water partition coefficient (Wildman–Crippen LogP) is 6.86. The van der Waals surface area contributed by atoms with E-state index in [1.807, 2.05) is 68.6 Å². The third kappa shape index (κ3) is 6.43. The Labute approximate surface area is 210 Å². The molecule has 1 atom stereocenters. The van der Waals surface area contributed by atoms with Crippen molar-refractivity contribution >= 4 is 34.5 Å². The summed E-state index contributed by atoms with van der Waals surface area (Å²) in [6.07, 6.45) is 5.34. The number of para-hydroxylation sites is 1. The summed E-state index contributed by atoms with van der Waals surface area (Å²) >= 11 is 1.46. The van der Waals surface area contributed by atoms with E-state index in [4.69, 9.17) is 0 Å². The Bertz CT molecular complexity index is 1260. The van der Waals surface area contributed by atoms with E-state index in [2.05, 4.69) is 11.9 Å². The fraction of sp³-hybridized carbons (Fsp3) is 0.172. The minimum Gasteiger partial charge on any atom is -0.324 e. The minimum absolute atomic E-state index is 0.0819. The van der Waals surface area contributed by atoms with Gasteiger partial charge in [-0.15, -0.1) is 11.3 Å². The van der Waals surface area contributed by atoms with Gasteiger partial charge in [-0.3, -0.25) is 14.5 Å². The first-order valence-electron chi connectivity index (χ1n) is 11.3. The molecule has 1 heterocycles. The number of rotatable bonds is 9. The highest BCUT2D eigenvalue weighted by Crippen LogP contribution is 2.28. The van der Waals surface area contributed by atoms with Crippen LogP contribution in [-0.2, 0) is 16.0 Å². The largest absolute Gasteiger partial charge is 0.324 e. The number of hydrogen-bond donors (Lipinski definition) is 1. The molecule has 0 bridgehead atoms. The van der Waals surface area contributed by atoms with E-state index < -0.39 is 17.8 Å². The van der Waals surface area contributed by atoms with E-state index in [1.165, 1.54) is 34.4 Å². The van der Waals surface area contributed by atoms with Gasteiger partial charge in [-0.05, 0) is 73.2 Å². The average Bonchev–Trinajstić information content (AvgIpc) is 3.35. The minimum atomic E-state index is -1.06. The predicted molar refractivity (Wildman–Crippen MR) is 143 cm³/mol. The molecule has 0 fully saturated rings. The summed E-state index contributed by atoms with van der Waals surface area (Å²) in [7, 11) is 0. The van der Waals surface area contributed by atoms with Crippen LogP contribution in [0.5, 0.6) is 0 Å². The molecule has 4 nitrogen and oxygen atoms in total. The number of carbonyl (C=O) groups is 2. The van der Waals surface area contributed by atoms with Crippen molar-refractivity contribution in [1.82, 2.24) is 0 Å². The molecule has 2 amide bonds. The van der Waals surface area contributed by atoms with Crippen LogP contribution in [0.3, 0.4) is 0 Å². The van der Waals surface area contributed by atoms with Gasteiger partial charge in [0, 0.05) is 16.3 Å². The van der Waals surface area contributed by atoms with Crippen LogP contribution in [0.25, 0.3) is 0 Å². The Balaban J connectivity index is 2.19. The second kappa shape index (κ2) is 12.1. The van der Waals surface area contributed by atoms with Crippen molar-refractivity contribution in [3.63, 3.8) is 0 Å². The van der Waals surface area contributed by atoms with Gasteiger partial charge in [-0.2, -0.15) is 0 Å². The highest BCUT2D eigenvalue weighted by atomic mass is 32.1. The van der Waals surface area contributed by atoms with Crippen molar-refractivity contribution in [3.8, 4) is 0 Å². The van der Waals surface area contributed by atoms with E-state index in [-0.39, 0.29) is 12.3 Å². The number of anilines is 2. The molecule has 35 heavy (non-hydrogen) atoms. The Morgan fingerprint density at radius 1 is 1.14 bits per heavy atom. The molecule has 6 heteroatoms. The highest BCUT2D eigenvalue weighted by molar-refractivity contribution is 7.10. The van der Waals surface area contributed by atoms with Crippen molar-refractivity contribution in [2.45, 2.75) is 33.2 Å². The number of nitrogens with one attached hydrogen (secondary N) is 1. The summed E-state index contributed by atoms with van der Waals surface area (Å²) in [5.74, 6) is -1.22. The second-order valence-corrected chi connectivity index (χ2v) is 9.08. The van der Waals surface area contributed by atoms with E-state index in [0.29, 0.717) is 16.9 Å². The lowest BCUT2D eigenvalue weighted by molar-refractivity contribution is -0.122. The van der Waals surface area contributed by atoms with Crippen LogP contribution in [0.4, 0.5) is 15.8 Å². The molecular weight excluding hydrogens is 459 g/mol. The Morgan fingerprint density at radius 3 is 2.54 bits per heavy atom. The normalized spacial score (nSPS) is 12.7.